The fraction of sp³-hybridized carbons (Fsp3) is 1.00. The zero-order valence-corrected chi connectivity index (χ0v) is 15.3. The molecule has 1 rings (SSSR count). The predicted molar refractivity (Wildman–Crippen MR) is 86.8 cm³/mol. The molecule has 0 aliphatic carbocycles. The van der Waals surface area contributed by atoms with Gasteiger partial charge in [-0.25, -0.2) is 0 Å². The van der Waals surface area contributed by atoms with Gasteiger partial charge in [0.05, 0.1) is 19.3 Å². The van der Waals surface area contributed by atoms with Crippen LogP contribution in [-0.4, -0.2) is 68.9 Å². The van der Waals surface area contributed by atoms with Gasteiger partial charge in [-0.3, -0.25) is 0 Å². The SMILES string of the molecule is CC(C)(C)[Si](C)(C)OCC1O[C@@H](OCCN)[C@@H](N)C(O)[C@@H]1O. The van der Waals surface area contributed by atoms with Crippen LogP contribution in [0.1, 0.15) is 20.8 Å². The smallest absolute Gasteiger partial charge is 0.192 e. The number of hydrogen-bond acceptors (Lipinski definition) is 7. The first-order chi connectivity index (χ1) is 10.0. The van der Waals surface area contributed by atoms with Crippen molar-refractivity contribution in [1.29, 1.82) is 0 Å². The largest absolute Gasteiger partial charge is 0.414 e. The van der Waals surface area contributed by atoms with Crippen LogP contribution in [0.15, 0.2) is 0 Å². The fourth-order valence-electron chi connectivity index (χ4n) is 1.93. The molecule has 7 nitrogen and oxygen atoms in total. The summed E-state index contributed by atoms with van der Waals surface area (Å²) in [5, 5.41) is 20.3. The molecule has 0 aromatic heterocycles. The molecule has 22 heavy (non-hydrogen) atoms. The highest BCUT2D eigenvalue weighted by Crippen LogP contribution is 2.37. The Morgan fingerprint density at radius 3 is 2.27 bits per heavy atom. The molecule has 2 unspecified atom stereocenters. The van der Waals surface area contributed by atoms with E-state index in [0.29, 0.717) is 6.54 Å². The highest BCUT2D eigenvalue weighted by molar-refractivity contribution is 6.74. The van der Waals surface area contributed by atoms with Gasteiger partial charge in [-0.2, -0.15) is 0 Å². The third-order valence-electron chi connectivity index (χ3n) is 4.56. The molecule has 6 N–H and O–H groups in total. The standard InChI is InChI=1S/C14H32N2O5Si/c1-14(2,3)22(4,5)20-8-9-11(17)12(18)10(16)13(21-9)19-7-6-15/h9-13,17-18H,6-8,15-16H2,1-5H3/t9?,10-,11+,12?,13+/m0/s1. The lowest BCUT2D eigenvalue weighted by molar-refractivity contribution is -0.263. The van der Waals surface area contributed by atoms with Gasteiger partial charge < -0.3 is 35.6 Å². The third kappa shape index (κ3) is 4.72. The Kier molecular flexibility index (Phi) is 6.97. The van der Waals surface area contributed by atoms with Crippen LogP contribution in [-0.2, 0) is 13.9 Å². The molecule has 0 amide bonds. The first-order valence-corrected chi connectivity index (χ1v) is 10.6. The highest BCUT2D eigenvalue weighted by atomic mass is 28.4. The number of ether oxygens (including phenoxy) is 2. The number of rotatable bonds is 6. The quantitative estimate of drug-likeness (QED) is 0.494. The van der Waals surface area contributed by atoms with Crippen LogP contribution >= 0.6 is 0 Å². The molecule has 1 saturated heterocycles. The zero-order chi connectivity index (χ0) is 17.1. The first-order valence-electron chi connectivity index (χ1n) is 7.74. The molecule has 0 aromatic carbocycles. The predicted octanol–water partition coefficient (Wildman–Crippen LogP) is -0.242. The molecular formula is C14H32N2O5Si. The molecule has 5 atom stereocenters. The minimum Gasteiger partial charge on any atom is -0.414 e. The second kappa shape index (κ2) is 7.67. The van der Waals surface area contributed by atoms with Gasteiger partial charge in [0, 0.05) is 6.54 Å². The van der Waals surface area contributed by atoms with Crippen LogP contribution in [0.2, 0.25) is 18.1 Å². The molecule has 0 bridgehead atoms. The summed E-state index contributed by atoms with van der Waals surface area (Å²) < 4.78 is 17.1. The van der Waals surface area contributed by atoms with E-state index >= 15 is 0 Å². The van der Waals surface area contributed by atoms with E-state index in [1.165, 1.54) is 0 Å². The van der Waals surface area contributed by atoms with Crippen molar-refractivity contribution in [2.75, 3.05) is 19.8 Å². The maximum absolute atomic E-state index is 10.2. The molecule has 132 valence electrons. The maximum atomic E-state index is 10.2. The van der Waals surface area contributed by atoms with Crippen molar-refractivity contribution in [3.05, 3.63) is 0 Å². The molecule has 0 radical (unpaired) electrons. The van der Waals surface area contributed by atoms with Crippen molar-refractivity contribution in [2.24, 2.45) is 11.5 Å². The normalized spacial score (nSPS) is 34.0. The van der Waals surface area contributed by atoms with Gasteiger partial charge in [-0.05, 0) is 18.1 Å². The van der Waals surface area contributed by atoms with Crippen molar-refractivity contribution in [2.45, 2.75) is 69.5 Å². The lowest BCUT2D eigenvalue weighted by Crippen LogP contribution is -2.63. The molecule has 0 saturated carbocycles. The zero-order valence-electron chi connectivity index (χ0n) is 14.3. The van der Waals surface area contributed by atoms with E-state index in [1.54, 1.807) is 0 Å². The van der Waals surface area contributed by atoms with Crippen LogP contribution in [0.3, 0.4) is 0 Å². The van der Waals surface area contributed by atoms with Crippen molar-refractivity contribution >= 4 is 8.32 Å². The summed E-state index contributed by atoms with van der Waals surface area (Å²) >= 11 is 0. The number of aliphatic hydroxyl groups excluding tert-OH is 2. The van der Waals surface area contributed by atoms with Crippen molar-refractivity contribution in [3.63, 3.8) is 0 Å². The van der Waals surface area contributed by atoms with Gasteiger partial charge >= 0.3 is 0 Å². The molecule has 0 aromatic rings. The first kappa shape index (κ1) is 20.0. The summed E-state index contributed by atoms with van der Waals surface area (Å²) in [6, 6.07) is -0.814. The van der Waals surface area contributed by atoms with Crippen molar-refractivity contribution in [1.82, 2.24) is 0 Å². The summed E-state index contributed by atoms with van der Waals surface area (Å²) in [5.74, 6) is 0. The number of hydrogen-bond donors (Lipinski definition) is 4. The van der Waals surface area contributed by atoms with Crippen LogP contribution in [0.25, 0.3) is 0 Å². The summed E-state index contributed by atoms with van der Waals surface area (Å²) in [4.78, 5) is 0. The third-order valence-corrected chi connectivity index (χ3v) is 9.06. The minimum atomic E-state index is -1.97. The van der Waals surface area contributed by atoms with E-state index < -0.39 is 39.0 Å². The number of aliphatic hydroxyl groups is 2. The number of nitrogens with two attached hydrogens (primary N) is 2. The average Bonchev–Trinajstić information content (AvgIpc) is 2.42. The molecule has 1 heterocycles. The Morgan fingerprint density at radius 2 is 1.77 bits per heavy atom. The van der Waals surface area contributed by atoms with Gasteiger partial charge in [-0.1, -0.05) is 20.8 Å². The highest BCUT2D eigenvalue weighted by Gasteiger charge is 2.45. The fourth-order valence-corrected chi connectivity index (χ4v) is 2.95. The Bertz CT molecular complexity index is 351. The van der Waals surface area contributed by atoms with Crippen molar-refractivity contribution in [3.8, 4) is 0 Å². The Labute approximate surface area is 134 Å². The Hall–Kier alpha value is -0.0631. The van der Waals surface area contributed by atoms with Crippen LogP contribution < -0.4 is 11.5 Å². The summed E-state index contributed by atoms with van der Waals surface area (Å²) in [7, 11) is -1.97. The van der Waals surface area contributed by atoms with Crippen LogP contribution in [0.4, 0.5) is 0 Å². The van der Waals surface area contributed by atoms with Gasteiger partial charge in [0.1, 0.15) is 18.3 Å². The molecule has 0 spiro atoms. The lowest BCUT2D eigenvalue weighted by atomic mass is 9.98. The summed E-state index contributed by atoms with van der Waals surface area (Å²) in [6.07, 6.45) is -3.69. The maximum Gasteiger partial charge on any atom is 0.192 e. The van der Waals surface area contributed by atoms with E-state index in [4.69, 9.17) is 25.4 Å². The molecule has 8 heteroatoms. The molecule has 1 fully saturated rings. The van der Waals surface area contributed by atoms with Gasteiger partial charge in [-0.15, -0.1) is 0 Å². The average molecular weight is 337 g/mol. The van der Waals surface area contributed by atoms with Gasteiger partial charge in [0.2, 0.25) is 0 Å². The lowest BCUT2D eigenvalue weighted by Gasteiger charge is -2.43. The van der Waals surface area contributed by atoms with E-state index in [-0.39, 0.29) is 18.3 Å². The van der Waals surface area contributed by atoms with Crippen LogP contribution in [0.5, 0.6) is 0 Å². The van der Waals surface area contributed by atoms with Gasteiger partial charge in [0.15, 0.2) is 14.6 Å². The molecule has 1 aliphatic rings. The van der Waals surface area contributed by atoms with E-state index in [2.05, 4.69) is 33.9 Å². The van der Waals surface area contributed by atoms with E-state index in [0.717, 1.165) is 0 Å². The van der Waals surface area contributed by atoms with Crippen molar-refractivity contribution < 1.29 is 24.1 Å². The summed E-state index contributed by atoms with van der Waals surface area (Å²) in [6.45, 7) is 11.4. The van der Waals surface area contributed by atoms with Gasteiger partial charge in [0.25, 0.3) is 0 Å². The molecular weight excluding hydrogens is 304 g/mol. The Morgan fingerprint density at radius 1 is 1.18 bits per heavy atom. The topological polar surface area (TPSA) is 120 Å². The molecule has 1 aliphatic heterocycles. The summed E-state index contributed by atoms with van der Waals surface area (Å²) in [5.41, 5.74) is 11.2. The van der Waals surface area contributed by atoms with E-state index in [9.17, 15) is 10.2 Å². The van der Waals surface area contributed by atoms with Crippen LogP contribution in [0, 0.1) is 0 Å². The minimum absolute atomic E-state index is 0.0527. The van der Waals surface area contributed by atoms with E-state index in [1.807, 2.05) is 0 Å². The Balaban J connectivity index is 2.68. The monoisotopic (exact) mass is 336 g/mol. The second-order valence-corrected chi connectivity index (χ2v) is 12.1. The second-order valence-electron chi connectivity index (χ2n) is 7.33.